The standard InChI is InChI=1S/C20H14ClFN10O/c1-11-6-17-24-10-16(18(31(17)30-11)15-3-2-12(22)8-23-15)29-20(33)28-13-7-14(21)19(25-9-13)32-26-4-5-27-32/h2-10H,1H3,(H2,28,29,33). The molecule has 0 saturated heterocycles. The average molecular weight is 465 g/mol. The van der Waals surface area contributed by atoms with E-state index < -0.39 is 11.8 Å². The number of carbonyl (C=O) groups is 1. The zero-order valence-electron chi connectivity index (χ0n) is 16.9. The number of hydrogen-bond donors (Lipinski definition) is 2. The fourth-order valence-electron chi connectivity index (χ4n) is 3.16. The second-order valence-electron chi connectivity index (χ2n) is 6.86. The van der Waals surface area contributed by atoms with Crippen molar-refractivity contribution in [2.75, 3.05) is 10.6 Å². The number of aromatic nitrogens is 8. The van der Waals surface area contributed by atoms with Crippen molar-refractivity contribution in [3.05, 3.63) is 71.8 Å². The molecule has 0 bridgehead atoms. The van der Waals surface area contributed by atoms with Crippen LogP contribution in [0.1, 0.15) is 5.69 Å². The average Bonchev–Trinajstić information content (AvgIpc) is 3.44. The van der Waals surface area contributed by atoms with Gasteiger partial charge in [0.1, 0.15) is 11.5 Å². The maximum Gasteiger partial charge on any atom is 0.323 e. The number of amides is 2. The highest BCUT2D eigenvalue weighted by Gasteiger charge is 2.17. The third kappa shape index (κ3) is 4.06. The van der Waals surface area contributed by atoms with Crippen LogP contribution in [0.5, 0.6) is 0 Å². The highest BCUT2D eigenvalue weighted by Crippen LogP contribution is 2.27. The van der Waals surface area contributed by atoms with Gasteiger partial charge in [0.05, 0.1) is 58.8 Å². The molecule has 0 atom stereocenters. The van der Waals surface area contributed by atoms with E-state index in [0.717, 1.165) is 11.9 Å². The van der Waals surface area contributed by atoms with Gasteiger partial charge in [-0.15, -0.1) is 4.80 Å². The minimum atomic E-state index is -0.578. The molecule has 13 heteroatoms. The lowest BCUT2D eigenvalue weighted by atomic mass is 10.2. The van der Waals surface area contributed by atoms with Crippen molar-refractivity contribution in [3.8, 4) is 17.2 Å². The second kappa shape index (κ2) is 8.24. The van der Waals surface area contributed by atoms with Gasteiger partial charge < -0.3 is 10.6 Å². The van der Waals surface area contributed by atoms with Crippen LogP contribution in [0.4, 0.5) is 20.6 Å². The summed E-state index contributed by atoms with van der Waals surface area (Å²) < 4.78 is 15.0. The zero-order valence-corrected chi connectivity index (χ0v) is 17.7. The molecule has 0 spiro atoms. The molecule has 11 nitrogen and oxygen atoms in total. The van der Waals surface area contributed by atoms with Crippen LogP contribution < -0.4 is 10.6 Å². The molecule has 0 aromatic carbocycles. The molecule has 2 amide bonds. The first-order valence-corrected chi connectivity index (χ1v) is 9.93. The highest BCUT2D eigenvalue weighted by atomic mass is 35.5. The summed E-state index contributed by atoms with van der Waals surface area (Å²) >= 11 is 6.25. The molecule has 5 aromatic heterocycles. The molecule has 2 N–H and O–H groups in total. The molecule has 5 heterocycles. The van der Waals surface area contributed by atoms with Gasteiger partial charge in [-0.25, -0.2) is 23.7 Å². The Morgan fingerprint density at radius 3 is 2.58 bits per heavy atom. The van der Waals surface area contributed by atoms with Gasteiger partial charge in [-0.2, -0.15) is 15.3 Å². The van der Waals surface area contributed by atoms with E-state index in [1.165, 1.54) is 52.3 Å². The van der Waals surface area contributed by atoms with E-state index in [9.17, 15) is 9.18 Å². The first-order chi connectivity index (χ1) is 16.0. The van der Waals surface area contributed by atoms with Gasteiger partial charge in [0, 0.05) is 6.07 Å². The normalized spacial score (nSPS) is 11.0. The van der Waals surface area contributed by atoms with Crippen LogP contribution in [0.3, 0.4) is 0 Å². The van der Waals surface area contributed by atoms with E-state index in [1.807, 2.05) is 6.92 Å². The number of halogens is 2. The Hall–Kier alpha value is -4.45. The van der Waals surface area contributed by atoms with Crippen molar-refractivity contribution in [2.45, 2.75) is 6.92 Å². The van der Waals surface area contributed by atoms with Crippen molar-refractivity contribution in [1.82, 2.24) is 39.6 Å². The van der Waals surface area contributed by atoms with Gasteiger partial charge in [0.2, 0.25) is 0 Å². The second-order valence-corrected chi connectivity index (χ2v) is 7.27. The number of hydrogen-bond acceptors (Lipinski definition) is 7. The Balaban J connectivity index is 1.44. The summed E-state index contributed by atoms with van der Waals surface area (Å²) in [5, 5.41) is 18.0. The lowest BCUT2D eigenvalue weighted by molar-refractivity contribution is 0.262. The Morgan fingerprint density at radius 1 is 1.03 bits per heavy atom. The van der Waals surface area contributed by atoms with E-state index in [0.29, 0.717) is 34.2 Å². The molecular weight excluding hydrogens is 451 g/mol. The third-order valence-electron chi connectivity index (χ3n) is 4.51. The zero-order chi connectivity index (χ0) is 22.9. The van der Waals surface area contributed by atoms with E-state index >= 15 is 0 Å². The Kier molecular flexibility index (Phi) is 5.11. The number of nitrogens with zero attached hydrogens (tertiary/aromatic N) is 8. The van der Waals surface area contributed by atoms with Gasteiger partial charge in [-0.3, -0.25) is 4.98 Å². The van der Waals surface area contributed by atoms with Crippen molar-refractivity contribution >= 4 is 34.7 Å². The smallest absolute Gasteiger partial charge is 0.306 e. The third-order valence-corrected chi connectivity index (χ3v) is 4.79. The van der Waals surface area contributed by atoms with Crippen molar-refractivity contribution < 1.29 is 9.18 Å². The van der Waals surface area contributed by atoms with Gasteiger partial charge >= 0.3 is 6.03 Å². The number of urea groups is 1. The van der Waals surface area contributed by atoms with Crippen molar-refractivity contribution in [1.29, 1.82) is 0 Å². The summed E-state index contributed by atoms with van der Waals surface area (Å²) in [5.41, 5.74) is 2.79. The number of rotatable bonds is 4. The summed E-state index contributed by atoms with van der Waals surface area (Å²) in [7, 11) is 0. The van der Waals surface area contributed by atoms with Crippen molar-refractivity contribution in [3.63, 3.8) is 0 Å². The first-order valence-electron chi connectivity index (χ1n) is 9.55. The lowest BCUT2D eigenvalue weighted by Crippen LogP contribution is -2.21. The van der Waals surface area contributed by atoms with Crippen LogP contribution >= 0.6 is 11.6 Å². The molecule has 0 aliphatic rings. The summed E-state index contributed by atoms with van der Waals surface area (Å²) in [4.78, 5) is 26.6. The molecule has 0 saturated carbocycles. The van der Waals surface area contributed by atoms with Crippen LogP contribution in [0.15, 0.2) is 55.2 Å². The monoisotopic (exact) mass is 464 g/mol. The number of anilines is 2. The number of aryl methyl sites for hydroxylation is 1. The molecule has 0 unspecified atom stereocenters. The van der Waals surface area contributed by atoms with Gasteiger partial charge in [-0.05, 0) is 25.1 Å². The van der Waals surface area contributed by atoms with Gasteiger partial charge in [-0.1, -0.05) is 11.6 Å². The number of nitrogens with one attached hydrogen (secondary N) is 2. The predicted octanol–water partition coefficient (Wildman–Crippen LogP) is 3.51. The number of carbonyl (C=O) groups excluding carboxylic acids is 1. The SMILES string of the molecule is Cc1cc2ncc(NC(=O)Nc3cnc(-n4nccn4)c(Cl)c3)c(-c3ccc(F)cn3)n2n1. The molecule has 0 radical (unpaired) electrons. The molecule has 164 valence electrons. The van der Waals surface area contributed by atoms with Crippen LogP contribution in [-0.2, 0) is 0 Å². The first kappa shape index (κ1) is 20.5. The molecule has 5 rings (SSSR count). The van der Waals surface area contributed by atoms with E-state index in [4.69, 9.17) is 11.6 Å². The minimum Gasteiger partial charge on any atom is -0.306 e. The highest BCUT2D eigenvalue weighted by molar-refractivity contribution is 6.32. The molecule has 0 aliphatic carbocycles. The Labute approximate surface area is 190 Å². The van der Waals surface area contributed by atoms with Gasteiger partial charge in [0.15, 0.2) is 11.5 Å². The quantitative estimate of drug-likeness (QED) is 0.416. The summed E-state index contributed by atoms with van der Waals surface area (Å²) in [6.45, 7) is 1.82. The van der Waals surface area contributed by atoms with E-state index in [1.54, 1.807) is 6.07 Å². The molecular formula is C20H14ClFN10O. The van der Waals surface area contributed by atoms with E-state index in [2.05, 4.69) is 40.9 Å². The number of pyridine rings is 2. The van der Waals surface area contributed by atoms with Crippen LogP contribution in [0.2, 0.25) is 5.02 Å². The summed E-state index contributed by atoms with van der Waals surface area (Å²) in [6.07, 6.45) is 6.98. The summed E-state index contributed by atoms with van der Waals surface area (Å²) in [5.74, 6) is -0.160. The van der Waals surface area contributed by atoms with E-state index in [-0.39, 0.29) is 5.02 Å². The molecule has 0 fully saturated rings. The van der Waals surface area contributed by atoms with Crippen LogP contribution in [0.25, 0.3) is 22.9 Å². The molecule has 33 heavy (non-hydrogen) atoms. The lowest BCUT2D eigenvalue weighted by Gasteiger charge is -2.13. The summed E-state index contributed by atoms with van der Waals surface area (Å²) in [6, 6.07) is 5.49. The maximum atomic E-state index is 13.4. The Morgan fingerprint density at radius 2 is 1.85 bits per heavy atom. The van der Waals surface area contributed by atoms with Crippen LogP contribution in [0, 0.1) is 12.7 Å². The number of fused-ring (bicyclic) bond motifs is 1. The van der Waals surface area contributed by atoms with Gasteiger partial charge in [0.25, 0.3) is 0 Å². The van der Waals surface area contributed by atoms with Crippen LogP contribution in [-0.4, -0.2) is 45.6 Å². The predicted molar refractivity (Wildman–Crippen MR) is 118 cm³/mol. The fourth-order valence-corrected chi connectivity index (χ4v) is 3.40. The largest absolute Gasteiger partial charge is 0.323 e. The van der Waals surface area contributed by atoms with Crippen molar-refractivity contribution in [2.24, 2.45) is 0 Å². The molecule has 0 aliphatic heterocycles. The molecule has 5 aromatic rings. The maximum absolute atomic E-state index is 13.4. The Bertz CT molecular complexity index is 1470. The fraction of sp³-hybridized carbons (Fsp3) is 0.0500. The minimum absolute atomic E-state index is 0.246. The topological polar surface area (TPSA) is 128 Å².